The van der Waals surface area contributed by atoms with Crippen LogP contribution in [0.5, 0.6) is 0 Å². The van der Waals surface area contributed by atoms with Gasteiger partial charge in [0, 0.05) is 19.8 Å². The van der Waals surface area contributed by atoms with Crippen LogP contribution in [0.3, 0.4) is 0 Å². The molecule has 6 heteroatoms. The number of hydrogen-bond acceptors (Lipinski definition) is 6. The molecule has 0 bridgehead atoms. The summed E-state index contributed by atoms with van der Waals surface area (Å²) in [6.07, 6.45) is 5.08. The molecule has 0 spiro atoms. The first-order valence-corrected chi connectivity index (χ1v) is 7.87. The number of nitrogens with two attached hydrogens (primary N) is 1. The third-order valence-corrected chi connectivity index (χ3v) is 4.92. The first-order chi connectivity index (χ1) is 10.1. The van der Waals surface area contributed by atoms with Crippen molar-refractivity contribution in [3.63, 3.8) is 0 Å². The van der Waals surface area contributed by atoms with Crippen molar-refractivity contribution in [1.82, 2.24) is 10.1 Å². The average Bonchev–Trinajstić information content (AvgIpc) is 2.98. The van der Waals surface area contributed by atoms with Crippen molar-refractivity contribution >= 4 is 0 Å². The Labute approximate surface area is 125 Å². The molecule has 6 nitrogen and oxygen atoms in total. The summed E-state index contributed by atoms with van der Waals surface area (Å²) in [6.45, 7) is 3.51. The topological polar surface area (TPSA) is 83.4 Å². The minimum absolute atomic E-state index is 0.00470. The molecule has 118 valence electrons. The van der Waals surface area contributed by atoms with E-state index in [0.29, 0.717) is 30.8 Å². The van der Waals surface area contributed by atoms with E-state index < -0.39 is 5.60 Å². The highest BCUT2D eigenvalue weighted by atomic mass is 16.5. The van der Waals surface area contributed by atoms with E-state index in [1.165, 1.54) is 6.42 Å². The van der Waals surface area contributed by atoms with Gasteiger partial charge in [-0.25, -0.2) is 0 Å². The van der Waals surface area contributed by atoms with Crippen LogP contribution in [0.15, 0.2) is 4.52 Å². The molecule has 3 rings (SSSR count). The van der Waals surface area contributed by atoms with Gasteiger partial charge in [-0.15, -0.1) is 0 Å². The zero-order valence-corrected chi connectivity index (χ0v) is 12.9. The molecule has 0 radical (unpaired) electrons. The minimum Gasteiger partial charge on any atom is -0.381 e. The highest BCUT2D eigenvalue weighted by molar-refractivity contribution is 5.08. The fourth-order valence-corrected chi connectivity index (χ4v) is 3.56. The SMILES string of the molecule is COC1(c2noc(C3COCCC3N)n2)CCCC(C)C1. The van der Waals surface area contributed by atoms with E-state index in [4.69, 9.17) is 19.7 Å². The molecule has 1 saturated carbocycles. The number of methoxy groups -OCH3 is 1. The molecule has 2 aliphatic rings. The molecular weight excluding hydrogens is 270 g/mol. The van der Waals surface area contributed by atoms with Crippen LogP contribution in [0.25, 0.3) is 0 Å². The van der Waals surface area contributed by atoms with Gasteiger partial charge in [0.05, 0.1) is 12.5 Å². The van der Waals surface area contributed by atoms with Crippen LogP contribution in [0.4, 0.5) is 0 Å². The minimum atomic E-state index is -0.404. The summed E-state index contributed by atoms with van der Waals surface area (Å²) in [4.78, 5) is 4.62. The second-order valence-electron chi connectivity index (χ2n) is 6.49. The van der Waals surface area contributed by atoms with Crippen molar-refractivity contribution in [1.29, 1.82) is 0 Å². The summed E-state index contributed by atoms with van der Waals surface area (Å²) in [5, 5.41) is 4.20. The van der Waals surface area contributed by atoms with Gasteiger partial charge in [-0.2, -0.15) is 4.98 Å². The molecule has 0 aromatic carbocycles. The highest BCUT2D eigenvalue weighted by Gasteiger charge is 2.42. The van der Waals surface area contributed by atoms with Gasteiger partial charge in [-0.05, 0) is 31.6 Å². The lowest BCUT2D eigenvalue weighted by Gasteiger charge is -2.36. The van der Waals surface area contributed by atoms with Gasteiger partial charge in [0.15, 0.2) is 0 Å². The van der Waals surface area contributed by atoms with E-state index in [9.17, 15) is 0 Å². The first kappa shape index (κ1) is 14.9. The number of hydrogen-bond donors (Lipinski definition) is 1. The molecule has 2 fully saturated rings. The highest BCUT2D eigenvalue weighted by Crippen LogP contribution is 2.41. The van der Waals surface area contributed by atoms with Gasteiger partial charge >= 0.3 is 0 Å². The smallest absolute Gasteiger partial charge is 0.233 e. The third-order valence-electron chi connectivity index (χ3n) is 4.92. The van der Waals surface area contributed by atoms with Crippen LogP contribution >= 0.6 is 0 Å². The van der Waals surface area contributed by atoms with Gasteiger partial charge in [0.25, 0.3) is 0 Å². The number of rotatable bonds is 3. The monoisotopic (exact) mass is 295 g/mol. The molecule has 1 saturated heterocycles. The standard InChI is InChI=1S/C15H25N3O3/c1-10-4-3-6-15(8-10,19-2)14-17-13(21-18-14)11-9-20-7-5-12(11)16/h10-12H,3-9,16H2,1-2H3. The summed E-state index contributed by atoms with van der Waals surface area (Å²) >= 11 is 0. The molecule has 4 unspecified atom stereocenters. The van der Waals surface area contributed by atoms with Crippen molar-refractivity contribution in [3.05, 3.63) is 11.7 Å². The van der Waals surface area contributed by atoms with Crippen LogP contribution in [-0.2, 0) is 15.1 Å². The largest absolute Gasteiger partial charge is 0.381 e. The second-order valence-corrected chi connectivity index (χ2v) is 6.49. The van der Waals surface area contributed by atoms with Crippen LogP contribution in [0.1, 0.15) is 56.7 Å². The Morgan fingerprint density at radius 2 is 2.24 bits per heavy atom. The van der Waals surface area contributed by atoms with E-state index in [1.807, 2.05) is 0 Å². The quantitative estimate of drug-likeness (QED) is 0.917. The summed E-state index contributed by atoms with van der Waals surface area (Å²) in [5.74, 6) is 1.87. The lowest BCUT2D eigenvalue weighted by atomic mass is 9.78. The molecule has 2 N–H and O–H groups in total. The summed E-state index contributed by atoms with van der Waals surface area (Å²) in [7, 11) is 1.74. The Morgan fingerprint density at radius 3 is 2.95 bits per heavy atom. The van der Waals surface area contributed by atoms with Crippen LogP contribution < -0.4 is 5.73 Å². The number of nitrogens with zero attached hydrogens (tertiary/aromatic N) is 2. The zero-order valence-electron chi connectivity index (χ0n) is 12.9. The molecule has 1 aromatic heterocycles. The van der Waals surface area contributed by atoms with Gasteiger partial charge in [-0.1, -0.05) is 18.5 Å². The zero-order chi connectivity index (χ0) is 14.9. The van der Waals surface area contributed by atoms with Gasteiger partial charge < -0.3 is 19.7 Å². The molecule has 0 amide bonds. The fraction of sp³-hybridized carbons (Fsp3) is 0.867. The Kier molecular flexibility index (Phi) is 4.28. The van der Waals surface area contributed by atoms with Gasteiger partial charge in [-0.3, -0.25) is 0 Å². The summed E-state index contributed by atoms with van der Waals surface area (Å²) in [6, 6.07) is 0.0239. The molecular formula is C15H25N3O3. The molecule has 4 atom stereocenters. The third kappa shape index (κ3) is 2.84. The molecule has 1 aliphatic carbocycles. The predicted molar refractivity (Wildman–Crippen MR) is 76.8 cm³/mol. The van der Waals surface area contributed by atoms with Crippen molar-refractivity contribution in [2.24, 2.45) is 11.7 Å². The van der Waals surface area contributed by atoms with Crippen molar-refractivity contribution < 1.29 is 14.0 Å². The van der Waals surface area contributed by atoms with Gasteiger partial charge in [0.1, 0.15) is 5.60 Å². The Balaban J connectivity index is 1.82. The van der Waals surface area contributed by atoms with Crippen molar-refractivity contribution in [3.8, 4) is 0 Å². The maximum Gasteiger partial charge on any atom is 0.233 e. The lowest BCUT2D eigenvalue weighted by molar-refractivity contribution is -0.0658. The van der Waals surface area contributed by atoms with E-state index in [2.05, 4.69) is 17.1 Å². The predicted octanol–water partition coefficient (Wildman–Crippen LogP) is 1.95. The van der Waals surface area contributed by atoms with Crippen LogP contribution in [-0.4, -0.2) is 36.5 Å². The molecule has 1 aromatic rings. The van der Waals surface area contributed by atoms with Crippen LogP contribution in [0.2, 0.25) is 0 Å². The average molecular weight is 295 g/mol. The van der Waals surface area contributed by atoms with E-state index in [0.717, 1.165) is 25.7 Å². The van der Waals surface area contributed by atoms with Crippen molar-refractivity contribution in [2.45, 2.75) is 56.6 Å². The van der Waals surface area contributed by atoms with E-state index >= 15 is 0 Å². The summed E-state index contributed by atoms with van der Waals surface area (Å²) in [5.41, 5.74) is 5.74. The summed E-state index contributed by atoms with van der Waals surface area (Å²) < 4.78 is 16.8. The van der Waals surface area contributed by atoms with E-state index in [-0.39, 0.29) is 12.0 Å². The second kappa shape index (κ2) is 6.02. The first-order valence-electron chi connectivity index (χ1n) is 7.87. The molecule has 2 heterocycles. The van der Waals surface area contributed by atoms with Crippen molar-refractivity contribution in [2.75, 3.05) is 20.3 Å². The van der Waals surface area contributed by atoms with Gasteiger partial charge in [0.2, 0.25) is 11.7 Å². The Hall–Kier alpha value is -0.980. The number of aromatic nitrogens is 2. The maximum atomic E-state index is 6.15. The van der Waals surface area contributed by atoms with Crippen LogP contribution in [0, 0.1) is 5.92 Å². The number of ether oxygens (including phenoxy) is 2. The fourth-order valence-electron chi connectivity index (χ4n) is 3.56. The maximum absolute atomic E-state index is 6.15. The molecule has 21 heavy (non-hydrogen) atoms. The molecule has 1 aliphatic heterocycles. The Bertz CT molecular complexity index is 478. The van der Waals surface area contributed by atoms with E-state index in [1.54, 1.807) is 7.11 Å². The Morgan fingerprint density at radius 1 is 1.38 bits per heavy atom. The normalized spacial score (nSPS) is 37.6. The lowest BCUT2D eigenvalue weighted by Crippen LogP contribution is -2.37.